The minimum absolute atomic E-state index is 0.141. The van der Waals surface area contributed by atoms with E-state index in [1.54, 1.807) is 35.2 Å². The first-order valence-electron chi connectivity index (χ1n) is 9.11. The first-order chi connectivity index (χ1) is 13.1. The molecule has 2 aromatic carbocycles. The average Bonchev–Trinajstić information content (AvgIpc) is 2.72. The highest BCUT2D eigenvalue weighted by Crippen LogP contribution is 2.22. The molecule has 0 atom stereocenters. The number of carbonyl (C=O) groups is 2. The summed E-state index contributed by atoms with van der Waals surface area (Å²) in [5.41, 5.74) is 1.96. The SMILES string of the molecule is O=C(OCC(=O)N1CCCCC1)/C(=C/c1ccccc1)c1ccc(Cl)cc1. The van der Waals surface area contributed by atoms with Gasteiger partial charge in [-0.05, 0) is 48.6 Å². The number of likely N-dealkylation sites (tertiary alicyclic amines) is 1. The van der Waals surface area contributed by atoms with Crippen molar-refractivity contribution in [3.63, 3.8) is 0 Å². The third kappa shape index (κ3) is 5.44. The molecule has 2 aromatic rings. The van der Waals surface area contributed by atoms with Gasteiger partial charge in [-0.1, -0.05) is 54.1 Å². The summed E-state index contributed by atoms with van der Waals surface area (Å²) >= 11 is 5.96. The number of hydrogen-bond donors (Lipinski definition) is 0. The molecule has 27 heavy (non-hydrogen) atoms. The van der Waals surface area contributed by atoms with Gasteiger partial charge in [0.1, 0.15) is 0 Å². The maximum atomic E-state index is 12.7. The van der Waals surface area contributed by atoms with Crippen LogP contribution in [0.3, 0.4) is 0 Å². The van der Waals surface area contributed by atoms with Gasteiger partial charge in [0.25, 0.3) is 5.91 Å². The molecule has 1 aliphatic heterocycles. The Labute approximate surface area is 164 Å². The number of amides is 1. The van der Waals surface area contributed by atoms with Gasteiger partial charge in [-0.25, -0.2) is 4.79 Å². The van der Waals surface area contributed by atoms with E-state index in [2.05, 4.69) is 0 Å². The Morgan fingerprint density at radius 2 is 1.63 bits per heavy atom. The largest absolute Gasteiger partial charge is 0.452 e. The van der Waals surface area contributed by atoms with Gasteiger partial charge in [0.15, 0.2) is 6.61 Å². The molecule has 0 spiro atoms. The molecule has 1 aliphatic rings. The Morgan fingerprint density at radius 3 is 2.30 bits per heavy atom. The normalized spacial score (nSPS) is 14.7. The second-order valence-electron chi connectivity index (χ2n) is 6.49. The quantitative estimate of drug-likeness (QED) is 0.435. The Hall–Kier alpha value is -2.59. The van der Waals surface area contributed by atoms with E-state index in [1.165, 1.54) is 0 Å². The van der Waals surface area contributed by atoms with Crippen molar-refractivity contribution in [1.82, 2.24) is 4.90 Å². The predicted octanol–water partition coefficient (Wildman–Crippen LogP) is 4.44. The van der Waals surface area contributed by atoms with Gasteiger partial charge < -0.3 is 9.64 Å². The number of ether oxygens (including phenoxy) is 1. The van der Waals surface area contributed by atoms with Crippen molar-refractivity contribution < 1.29 is 14.3 Å². The highest BCUT2D eigenvalue weighted by Gasteiger charge is 2.20. The van der Waals surface area contributed by atoms with Crippen molar-refractivity contribution in [3.05, 3.63) is 70.7 Å². The predicted molar refractivity (Wildman–Crippen MR) is 107 cm³/mol. The molecule has 1 heterocycles. The first kappa shape index (κ1) is 19.2. The summed E-state index contributed by atoms with van der Waals surface area (Å²) in [6.45, 7) is 1.24. The van der Waals surface area contributed by atoms with Crippen molar-refractivity contribution in [1.29, 1.82) is 0 Å². The molecular weight excluding hydrogens is 362 g/mol. The third-order valence-electron chi connectivity index (χ3n) is 4.52. The number of carbonyl (C=O) groups excluding carboxylic acids is 2. The van der Waals surface area contributed by atoms with E-state index >= 15 is 0 Å². The van der Waals surface area contributed by atoms with Crippen LogP contribution in [0.1, 0.15) is 30.4 Å². The third-order valence-corrected chi connectivity index (χ3v) is 4.77. The molecular formula is C22H22ClNO3. The number of piperidine rings is 1. The van der Waals surface area contributed by atoms with Gasteiger partial charge >= 0.3 is 5.97 Å². The van der Waals surface area contributed by atoms with Crippen LogP contribution in [0.4, 0.5) is 0 Å². The molecule has 0 aliphatic carbocycles. The molecule has 0 radical (unpaired) electrons. The number of hydrogen-bond acceptors (Lipinski definition) is 3. The van der Waals surface area contributed by atoms with Gasteiger partial charge in [0, 0.05) is 18.1 Å². The summed E-state index contributed by atoms with van der Waals surface area (Å²) in [6, 6.07) is 16.5. The van der Waals surface area contributed by atoms with E-state index < -0.39 is 5.97 Å². The maximum Gasteiger partial charge on any atom is 0.339 e. The van der Waals surface area contributed by atoms with Crippen molar-refractivity contribution in [3.8, 4) is 0 Å². The van der Waals surface area contributed by atoms with Crippen molar-refractivity contribution in [2.45, 2.75) is 19.3 Å². The minimum Gasteiger partial charge on any atom is -0.452 e. The summed E-state index contributed by atoms with van der Waals surface area (Å²) in [5, 5.41) is 0.589. The van der Waals surface area contributed by atoms with Crippen molar-refractivity contribution in [2.24, 2.45) is 0 Å². The highest BCUT2D eigenvalue weighted by atomic mass is 35.5. The minimum atomic E-state index is -0.522. The van der Waals surface area contributed by atoms with Crippen LogP contribution in [0.15, 0.2) is 54.6 Å². The fraction of sp³-hybridized carbons (Fsp3) is 0.273. The summed E-state index contributed by atoms with van der Waals surface area (Å²) in [4.78, 5) is 26.8. The lowest BCUT2D eigenvalue weighted by Crippen LogP contribution is -2.38. The summed E-state index contributed by atoms with van der Waals surface area (Å²) in [7, 11) is 0. The lowest BCUT2D eigenvalue weighted by atomic mass is 10.0. The number of benzene rings is 2. The van der Waals surface area contributed by atoms with Crippen LogP contribution in [-0.2, 0) is 14.3 Å². The van der Waals surface area contributed by atoms with E-state index in [0.717, 1.165) is 37.9 Å². The molecule has 0 unspecified atom stereocenters. The van der Waals surface area contributed by atoms with Gasteiger partial charge in [-0.15, -0.1) is 0 Å². The van der Waals surface area contributed by atoms with E-state index in [4.69, 9.17) is 16.3 Å². The molecule has 1 saturated heterocycles. The van der Waals surface area contributed by atoms with Crippen LogP contribution >= 0.6 is 11.6 Å². The van der Waals surface area contributed by atoms with Crippen LogP contribution in [0.25, 0.3) is 11.6 Å². The molecule has 0 N–H and O–H groups in total. The standard InChI is InChI=1S/C22H22ClNO3/c23-19-11-9-18(10-12-19)20(15-17-7-3-1-4-8-17)22(26)27-16-21(25)24-13-5-2-6-14-24/h1,3-4,7-12,15H,2,5-6,13-14,16H2/b20-15+. The van der Waals surface area contributed by atoms with Crippen LogP contribution in [0.5, 0.6) is 0 Å². The molecule has 1 amide bonds. The van der Waals surface area contributed by atoms with Crippen LogP contribution in [0, 0.1) is 0 Å². The maximum absolute atomic E-state index is 12.7. The fourth-order valence-corrected chi connectivity index (χ4v) is 3.17. The van der Waals surface area contributed by atoms with Crippen LogP contribution < -0.4 is 0 Å². The molecule has 3 rings (SSSR count). The van der Waals surface area contributed by atoms with E-state index in [0.29, 0.717) is 16.2 Å². The zero-order chi connectivity index (χ0) is 19.1. The lowest BCUT2D eigenvalue weighted by Gasteiger charge is -2.26. The summed E-state index contributed by atoms with van der Waals surface area (Å²) in [5.74, 6) is -0.662. The fourth-order valence-electron chi connectivity index (χ4n) is 3.05. The average molecular weight is 384 g/mol. The van der Waals surface area contributed by atoms with E-state index in [9.17, 15) is 9.59 Å². The van der Waals surface area contributed by atoms with Gasteiger partial charge in [0.2, 0.25) is 0 Å². The second-order valence-corrected chi connectivity index (χ2v) is 6.93. The Bertz CT molecular complexity index is 809. The van der Waals surface area contributed by atoms with E-state index in [-0.39, 0.29) is 12.5 Å². The van der Waals surface area contributed by atoms with E-state index in [1.807, 2.05) is 30.3 Å². The van der Waals surface area contributed by atoms with Gasteiger partial charge in [-0.2, -0.15) is 0 Å². The van der Waals surface area contributed by atoms with Gasteiger partial charge in [0.05, 0.1) is 5.57 Å². The van der Waals surface area contributed by atoms with Gasteiger partial charge in [-0.3, -0.25) is 4.79 Å². The number of halogens is 1. The Morgan fingerprint density at radius 1 is 0.963 bits per heavy atom. The van der Waals surface area contributed by atoms with Crippen LogP contribution in [0.2, 0.25) is 5.02 Å². The molecule has 0 aromatic heterocycles. The monoisotopic (exact) mass is 383 g/mol. The molecule has 5 heteroatoms. The molecule has 0 saturated carbocycles. The topological polar surface area (TPSA) is 46.6 Å². The molecule has 4 nitrogen and oxygen atoms in total. The zero-order valence-corrected chi connectivity index (χ0v) is 15.8. The Kier molecular flexibility index (Phi) is 6.66. The zero-order valence-electron chi connectivity index (χ0n) is 15.1. The molecule has 0 bridgehead atoms. The number of rotatable bonds is 5. The smallest absolute Gasteiger partial charge is 0.339 e. The lowest BCUT2D eigenvalue weighted by molar-refractivity contribution is -0.147. The van der Waals surface area contributed by atoms with Crippen molar-refractivity contribution in [2.75, 3.05) is 19.7 Å². The first-order valence-corrected chi connectivity index (χ1v) is 9.49. The summed E-state index contributed by atoms with van der Waals surface area (Å²) < 4.78 is 5.34. The second kappa shape index (κ2) is 9.38. The van der Waals surface area contributed by atoms with Crippen molar-refractivity contribution >= 4 is 35.1 Å². The molecule has 1 fully saturated rings. The number of nitrogens with zero attached hydrogens (tertiary/aromatic N) is 1. The molecule has 140 valence electrons. The van der Waals surface area contributed by atoms with Crippen LogP contribution in [-0.4, -0.2) is 36.5 Å². The highest BCUT2D eigenvalue weighted by molar-refractivity contribution is 6.30. The number of esters is 1. The Balaban J connectivity index is 1.75. The summed E-state index contributed by atoms with van der Waals surface area (Å²) in [6.07, 6.45) is 4.91.